The van der Waals surface area contributed by atoms with Crippen LogP contribution in [0, 0.1) is 0 Å². The van der Waals surface area contributed by atoms with E-state index in [1.165, 1.54) is 17.0 Å². The molecule has 1 heterocycles. The maximum absolute atomic E-state index is 12.3. The second-order valence-corrected chi connectivity index (χ2v) is 7.14. The number of hydrogen-bond acceptors (Lipinski definition) is 5. The average Bonchev–Trinajstić information content (AvgIpc) is 2.55. The molecule has 24 heavy (non-hydrogen) atoms. The van der Waals surface area contributed by atoms with Crippen molar-refractivity contribution in [2.75, 3.05) is 26.3 Å². The monoisotopic (exact) mass is 356 g/mol. The first-order valence-electron chi connectivity index (χ1n) is 7.54. The number of rotatable bonds is 7. The van der Waals surface area contributed by atoms with E-state index in [0.717, 1.165) is 0 Å². The zero-order valence-electron chi connectivity index (χ0n) is 13.1. The average molecular weight is 356 g/mol. The van der Waals surface area contributed by atoms with E-state index in [0.29, 0.717) is 13.2 Å². The van der Waals surface area contributed by atoms with Gasteiger partial charge in [-0.3, -0.25) is 9.59 Å². The van der Waals surface area contributed by atoms with Gasteiger partial charge in [0.15, 0.2) is 0 Å². The fourth-order valence-electron chi connectivity index (χ4n) is 2.47. The summed E-state index contributed by atoms with van der Waals surface area (Å²) in [6.45, 7) is 0.779. The van der Waals surface area contributed by atoms with Crippen LogP contribution in [-0.2, 0) is 24.3 Å². The summed E-state index contributed by atoms with van der Waals surface area (Å²) in [5, 5.41) is 8.89. The number of nitrogens with one attached hydrogen (secondary N) is 1. The number of benzene rings is 1. The van der Waals surface area contributed by atoms with Crippen molar-refractivity contribution < 1.29 is 27.9 Å². The van der Waals surface area contributed by atoms with Gasteiger partial charge < -0.3 is 14.7 Å². The third-order valence-electron chi connectivity index (χ3n) is 3.64. The maximum atomic E-state index is 12.3. The van der Waals surface area contributed by atoms with Crippen molar-refractivity contribution in [3.05, 3.63) is 30.3 Å². The van der Waals surface area contributed by atoms with Crippen molar-refractivity contribution >= 4 is 21.9 Å². The lowest BCUT2D eigenvalue weighted by molar-refractivity contribution is -0.146. The molecule has 1 aliphatic rings. The molecule has 1 saturated heterocycles. The van der Waals surface area contributed by atoms with Crippen LogP contribution in [0.4, 0.5) is 0 Å². The number of amides is 1. The molecule has 2 rings (SSSR count). The number of carbonyl (C=O) groups is 2. The van der Waals surface area contributed by atoms with Crippen LogP contribution < -0.4 is 4.72 Å². The van der Waals surface area contributed by atoms with Crippen molar-refractivity contribution in [2.45, 2.75) is 23.8 Å². The SMILES string of the molecule is O=C(O)CC1COCCN1C(=O)CCNS(=O)(=O)c1ccccc1. The Labute approximate surface area is 140 Å². The van der Waals surface area contributed by atoms with Crippen LogP contribution in [0.25, 0.3) is 0 Å². The standard InChI is InChI=1S/C15H20N2O6S/c18-14(17-8-9-23-11-12(17)10-15(19)20)6-7-16-24(21,22)13-4-2-1-3-5-13/h1-5,12,16H,6-11H2,(H,19,20). The van der Waals surface area contributed by atoms with E-state index < -0.39 is 22.0 Å². The number of carboxylic acids is 1. The molecule has 1 atom stereocenters. The lowest BCUT2D eigenvalue weighted by Gasteiger charge is -2.34. The van der Waals surface area contributed by atoms with Gasteiger partial charge in [-0.25, -0.2) is 13.1 Å². The summed E-state index contributed by atoms with van der Waals surface area (Å²) in [5.41, 5.74) is 0. The predicted octanol–water partition coefficient (Wildman–Crippen LogP) is 0.0571. The number of nitrogens with zero attached hydrogens (tertiary/aromatic N) is 1. The van der Waals surface area contributed by atoms with E-state index in [4.69, 9.17) is 9.84 Å². The lowest BCUT2D eigenvalue weighted by Crippen LogP contribution is -2.50. The molecule has 0 aromatic heterocycles. The molecule has 0 bridgehead atoms. The van der Waals surface area contributed by atoms with Gasteiger partial charge in [0.1, 0.15) is 0 Å². The van der Waals surface area contributed by atoms with Gasteiger partial charge in [0, 0.05) is 19.5 Å². The fraction of sp³-hybridized carbons (Fsp3) is 0.467. The molecule has 1 aromatic carbocycles. The predicted molar refractivity (Wildman–Crippen MR) is 84.8 cm³/mol. The second kappa shape index (κ2) is 8.22. The van der Waals surface area contributed by atoms with E-state index in [9.17, 15) is 18.0 Å². The van der Waals surface area contributed by atoms with Crippen molar-refractivity contribution in [3.63, 3.8) is 0 Å². The van der Waals surface area contributed by atoms with Crippen LogP contribution in [0.2, 0.25) is 0 Å². The minimum Gasteiger partial charge on any atom is -0.481 e. The number of aliphatic carboxylic acids is 1. The van der Waals surface area contributed by atoms with Crippen LogP contribution in [-0.4, -0.2) is 62.6 Å². The van der Waals surface area contributed by atoms with Gasteiger partial charge in [0.25, 0.3) is 0 Å². The van der Waals surface area contributed by atoms with Crippen LogP contribution >= 0.6 is 0 Å². The number of hydrogen-bond donors (Lipinski definition) is 2. The number of ether oxygens (including phenoxy) is 1. The molecule has 8 nitrogen and oxygen atoms in total. The van der Waals surface area contributed by atoms with Gasteiger partial charge in [-0.2, -0.15) is 0 Å². The highest BCUT2D eigenvalue weighted by Gasteiger charge is 2.29. The van der Waals surface area contributed by atoms with Gasteiger partial charge in [0.05, 0.1) is 30.6 Å². The summed E-state index contributed by atoms with van der Waals surface area (Å²) in [5.74, 6) is -1.30. The molecule has 1 aromatic rings. The van der Waals surface area contributed by atoms with Crippen LogP contribution in [0.1, 0.15) is 12.8 Å². The minimum atomic E-state index is -3.66. The van der Waals surface area contributed by atoms with E-state index in [1.54, 1.807) is 18.2 Å². The smallest absolute Gasteiger partial charge is 0.305 e. The molecule has 1 amide bonds. The molecular weight excluding hydrogens is 336 g/mol. The molecule has 0 aliphatic carbocycles. The largest absolute Gasteiger partial charge is 0.481 e. The Kier molecular flexibility index (Phi) is 6.29. The fourth-order valence-corrected chi connectivity index (χ4v) is 3.53. The van der Waals surface area contributed by atoms with Crippen LogP contribution in [0.15, 0.2) is 35.2 Å². The molecule has 2 N–H and O–H groups in total. The highest BCUT2D eigenvalue weighted by molar-refractivity contribution is 7.89. The van der Waals surface area contributed by atoms with Crippen molar-refractivity contribution in [1.82, 2.24) is 9.62 Å². The zero-order chi connectivity index (χ0) is 17.6. The van der Waals surface area contributed by atoms with E-state index in [-0.39, 0.29) is 36.8 Å². The molecule has 1 unspecified atom stereocenters. The molecule has 0 radical (unpaired) electrons. The van der Waals surface area contributed by atoms with Gasteiger partial charge in [0.2, 0.25) is 15.9 Å². The van der Waals surface area contributed by atoms with Crippen molar-refractivity contribution in [1.29, 1.82) is 0 Å². The van der Waals surface area contributed by atoms with E-state index in [1.807, 2.05) is 0 Å². The van der Waals surface area contributed by atoms with Gasteiger partial charge in [-0.1, -0.05) is 18.2 Å². The summed E-state index contributed by atoms with van der Waals surface area (Å²) in [4.78, 5) is 24.7. The van der Waals surface area contributed by atoms with Gasteiger partial charge >= 0.3 is 5.97 Å². The molecular formula is C15H20N2O6S. The summed E-state index contributed by atoms with van der Waals surface area (Å²) in [7, 11) is -3.66. The highest BCUT2D eigenvalue weighted by Crippen LogP contribution is 2.12. The topological polar surface area (TPSA) is 113 Å². The van der Waals surface area contributed by atoms with Crippen LogP contribution in [0.3, 0.4) is 0 Å². The zero-order valence-corrected chi connectivity index (χ0v) is 13.9. The summed E-state index contributed by atoms with van der Waals surface area (Å²) >= 11 is 0. The number of carboxylic acid groups (broad SMARTS) is 1. The Hall–Kier alpha value is -1.97. The normalized spacial score (nSPS) is 18.3. The minimum absolute atomic E-state index is 0.0395. The summed E-state index contributed by atoms with van der Waals surface area (Å²) in [6, 6.07) is 7.36. The second-order valence-electron chi connectivity index (χ2n) is 5.37. The first-order chi connectivity index (χ1) is 11.4. The van der Waals surface area contributed by atoms with Crippen LogP contribution in [0.5, 0.6) is 0 Å². The van der Waals surface area contributed by atoms with E-state index in [2.05, 4.69) is 4.72 Å². The Balaban J connectivity index is 1.89. The molecule has 1 aliphatic heterocycles. The molecule has 132 valence electrons. The third-order valence-corrected chi connectivity index (χ3v) is 5.12. The number of carbonyl (C=O) groups excluding carboxylic acids is 1. The number of morpholine rings is 1. The first kappa shape index (κ1) is 18.4. The molecule has 9 heteroatoms. The first-order valence-corrected chi connectivity index (χ1v) is 9.02. The highest BCUT2D eigenvalue weighted by atomic mass is 32.2. The molecule has 0 saturated carbocycles. The van der Waals surface area contributed by atoms with Crippen molar-refractivity contribution in [3.8, 4) is 0 Å². The van der Waals surface area contributed by atoms with E-state index >= 15 is 0 Å². The summed E-state index contributed by atoms with van der Waals surface area (Å²) in [6.07, 6.45) is -0.232. The quantitative estimate of drug-likeness (QED) is 0.714. The van der Waals surface area contributed by atoms with Gasteiger partial charge in [-0.15, -0.1) is 0 Å². The third kappa shape index (κ3) is 5.02. The Morgan fingerprint density at radius 2 is 2.00 bits per heavy atom. The Bertz CT molecular complexity index is 676. The lowest BCUT2D eigenvalue weighted by atomic mass is 10.1. The Morgan fingerprint density at radius 3 is 2.67 bits per heavy atom. The maximum Gasteiger partial charge on any atom is 0.305 e. The molecule has 1 fully saturated rings. The van der Waals surface area contributed by atoms with Gasteiger partial charge in [-0.05, 0) is 12.1 Å². The summed E-state index contributed by atoms with van der Waals surface area (Å²) < 4.78 is 31.7. The number of sulfonamides is 1. The van der Waals surface area contributed by atoms with Crippen molar-refractivity contribution in [2.24, 2.45) is 0 Å². The molecule has 0 spiro atoms. The Morgan fingerprint density at radius 1 is 1.29 bits per heavy atom.